The summed E-state index contributed by atoms with van der Waals surface area (Å²) in [5, 5.41) is 19.5. The Morgan fingerprint density at radius 3 is 2.57 bits per heavy atom. The van der Waals surface area contributed by atoms with Crippen LogP contribution in [0.15, 0.2) is 72.8 Å². The van der Waals surface area contributed by atoms with Crippen molar-refractivity contribution in [1.29, 1.82) is 0 Å². The van der Waals surface area contributed by atoms with Gasteiger partial charge in [0.15, 0.2) is 5.75 Å². The largest absolute Gasteiger partial charge is 0.508 e. The van der Waals surface area contributed by atoms with Gasteiger partial charge in [-0.05, 0) is 48.0 Å². The quantitative estimate of drug-likeness (QED) is 0.305. The number of hydrogen-bond acceptors (Lipinski definition) is 4. The molecule has 1 heterocycles. The van der Waals surface area contributed by atoms with Crippen LogP contribution in [0.3, 0.4) is 0 Å². The highest BCUT2D eigenvalue weighted by atomic mass is 32.1. The van der Waals surface area contributed by atoms with Gasteiger partial charge in [0.25, 0.3) is 0 Å². The van der Waals surface area contributed by atoms with Crippen molar-refractivity contribution in [3.8, 4) is 40.0 Å². The minimum Gasteiger partial charge on any atom is -0.508 e. The van der Waals surface area contributed by atoms with Crippen LogP contribution in [-0.2, 0) is 4.79 Å². The molecule has 4 rings (SSSR count). The molecular weight excluding hydrogens is 396 g/mol. The Kier molecular flexibility index (Phi) is 5.25. The minimum atomic E-state index is -1.000. The fraction of sp³-hybridized carbons (Fsp3) is 0. The number of ether oxygens (including phenoxy) is 1. The van der Waals surface area contributed by atoms with Crippen molar-refractivity contribution >= 4 is 33.5 Å². The van der Waals surface area contributed by atoms with Crippen LogP contribution in [0.1, 0.15) is 11.1 Å². The van der Waals surface area contributed by atoms with E-state index in [0.29, 0.717) is 11.5 Å². The Morgan fingerprint density at radius 1 is 1.07 bits per heavy atom. The van der Waals surface area contributed by atoms with Gasteiger partial charge in [0.1, 0.15) is 11.5 Å². The van der Waals surface area contributed by atoms with Gasteiger partial charge in [0.2, 0.25) is 0 Å². The number of aromatic hydroxyl groups is 1. The summed E-state index contributed by atoms with van der Waals surface area (Å²) in [6, 6.07) is 19.9. The fourth-order valence-electron chi connectivity index (χ4n) is 3.08. The maximum atomic E-state index is 10.7. The number of terminal acetylenes is 1. The SMILES string of the molecule is C#Cc1ccccc1-c1sc2cc(O)ccc2c1Oc1ccc(C=CC(=O)O)cc1. The molecule has 3 aromatic carbocycles. The molecule has 0 radical (unpaired) electrons. The molecule has 0 saturated carbocycles. The summed E-state index contributed by atoms with van der Waals surface area (Å²) in [4.78, 5) is 11.6. The molecule has 30 heavy (non-hydrogen) atoms. The first kappa shape index (κ1) is 19.3. The number of carboxylic acid groups (broad SMARTS) is 1. The molecule has 0 spiro atoms. The highest BCUT2D eigenvalue weighted by Gasteiger charge is 2.18. The summed E-state index contributed by atoms with van der Waals surface area (Å²) in [6.45, 7) is 0. The van der Waals surface area contributed by atoms with Crippen LogP contribution in [0.25, 0.3) is 26.6 Å². The van der Waals surface area contributed by atoms with E-state index in [1.165, 1.54) is 17.4 Å². The molecule has 0 atom stereocenters. The van der Waals surface area contributed by atoms with Crippen LogP contribution in [0.2, 0.25) is 0 Å². The second kappa shape index (κ2) is 8.16. The van der Waals surface area contributed by atoms with Gasteiger partial charge in [-0.25, -0.2) is 4.79 Å². The van der Waals surface area contributed by atoms with Gasteiger partial charge in [0.05, 0.1) is 4.88 Å². The summed E-state index contributed by atoms with van der Waals surface area (Å²) in [6.07, 6.45) is 8.31. The van der Waals surface area contributed by atoms with Crippen LogP contribution in [0.5, 0.6) is 17.2 Å². The molecule has 4 nitrogen and oxygen atoms in total. The summed E-state index contributed by atoms with van der Waals surface area (Å²) >= 11 is 1.50. The summed E-state index contributed by atoms with van der Waals surface area (Å²) in [5.41, 5.74) is 2.40. The molecule has 0 bridgehead atoms. The van der Waals surface area contributed by atoms with Gasteiger partial charge in [-0.3, -0.25) is 0 Å². The van der Waals surface area contributed by atoms with Gasteiger partial charge in [-0.15, -0.1) is 17.8 Å². The molecule has 0 unspecified atom stereocenters. The highest BCUT2D eigenvalue weighted by molar-refractivity contribution is 7.22. The van der Waals surface area contributed by atoms with Gasteiger partial charge in [0, 0.05) is 27.3 Å². The molecule has 0 aliphatic heterocycles. The van der Waals surface area contributed by atoms with E-state index in [2.05, 4.69) is 5.92 Å². The van der Waals surface area contributed by atoms with Crippen molar-refractivity contribution in [3.63, 3.8) is 0 Å². The third kappa shape index (κ3) is 3.90. The smallest absolute Gasteiger partial charge is 0.328 e. The number of phenols is 1. The van der Waals surface area contributed by atoms with E-state index in [1.54, 1.807) is 36.4 Å². The summed E-state index contributed by atoms with van der Waals surface area (Å²) in [5.74, 6) is 3.16. The molecule has 0 aliphatic rings. The van der Waals surface area contributed by atoms with E-state index in [0.717, 1.165) is 37.7 Å². The monoisotopic (exact) mass is 412 g/mol. The maximum absolute atomic E-state index is 10.7. The predicted molar refractivity (Wildman–Crippen MR) is 120 cm³/mol. The maximum Gasteiger partial charge on any atom is 0.328 e. The molecular formula is C25H16O4S. The molecule has 0 saturated heterocycles. The predicted octanol–water partition coefficient (Wildman–Crippen LogP) is 6.15. The number of carbonyl (C=O) groups is 1. The number of aliphatic carboxylic acids is 1. The third-order valence-corrected chi connectivity index (χ3v) is 5.64. The lowest BCUT2D eigenvalue weighted by atomic mass is 10.1. The van der Waals surface area contributed by atoms with E-state index >= 15 is 0 Å². The third-order valence-electron chi connectivity index (χ3n) is 4.47. The molecule has 4 aromatic rings. The molecule has 0 amide bonds. The Morgan fingerprint density at radius 2 is 1.83 bits per heavy atom. The highest BCUT2D eigenvalue weighted by Crippen LogP contribution is 2.47. The van der Waals surface area contributed by atoms with Gasteiger partial charge in [-0.2, -0.15) is 0 Å². The number of rotatable bonds is 5. The Hall–Kier alpha value is -4.01. The Bertz CT molecular complexity index is 1310. The van der Waals surface area contributed by atoms with E-state index in [1.807, 2.05) is 30.3 Å². The Labute approximate surface area is 177 Å². The van der Waals surface area contributed by atoms with Crippen LogP contribution in [0.4, 0.5) is 0 Å². The first-order valence-corrected chi connectivity index (χ1v) is 9.87. The van der Waals surface area contributed by atoms with Crippen molar-refractivity contribution in [2.24, 2.45) is 0 Å². The van der Waals surface area contributed by atoms with Gasteiger partial charge >= 0.3 is 5.97 Å². The van der Waals surface area contributed by atoms with Crippen molar-refractivity contribution in [1.82, 2.24) is 0 Å². The zero-order valence-corrected chi connectivity index (χ0v) is 16.5. The molecule has 2 N–H and O–H groups in total. The lowest BCUT2D eigenvalue weighted by Gasteiger charge is -2.10. The van der Waals surface area contributed by atoms with E-state index in [9.17, 15) is 9.90 Å². The zero-order valence-electron chi connectivity index (χ0n) is 15.7. The van der Waals surface area contributed by atoms with Crippen LogP contribution >= 0.6 is 11.3 Å². The average Bonchev–Trinajstić information content (AvgIpc) is 3.10. The number of fused-ring (bicyclic) bond motifs is 1. The number of carboxylic acids is 1. The summed E-state index contributed by atoms with van der Waals surface area (Å²) in [7, 11) is 0. The van der Waals surface area contributed by atoms with E-state index < -0.39 is 5.97 Å². The first-order valence-electron chi connectivity index (χ1n) is 9.05. The van der Waals surface area contributed by atoms with Crippen molar-refractivity contribution in [2.75, 3.05) is 0 Å². The second-order valence-corrected chi connectivity index (χ2v) is 7.53. The lowest BCUT2D eigenvalue weighted by molar-refractivity contribution is -0.131. The molecule has 0 aliphatic carbocycles. The zero-order chi connectivity index (χ0) is 21.1. The van der Waals surface area contributed by atoms with Crippen molar-refractivity contribution in [2.45, 2.75) is 0 Å². The average molecular weight is 412 g/mol. The Balaban J connectivity index is 1.80. The topological polar surface area (TPSA) is 66.8 Å². The molecule has 0 fully saturated rings. The van der Waals surface area contributed by atoms with Crippen LogP contribution in [0, 0.1) is 12.3 Å². The van der Waals surface area contributed by atoms with E-state index in [-0.39, 0.29) is 5.75 Å². The van der Waals surface area contributed by atoms with Gasteiger partial charge < -0.3 is 14.9 Å². The number of thiophene rings is 1. The minimum absolute atomic E-state index is 0.182. The second-order valence-electron chi connectivity index (χ2n) is 6.47. The fourth-order valence-corrected chi connectivity index (χ4v) is 4.28. The van der Waals surface area contributed by atoms with Crippen LogP contribution < -0.4 is 4.74 Å². The first-order chi connectivity index (χ1) is 14.5. The van der Waals surface area contributed by atoms with Crippen molar-refractivity contribution in [3.05, 3.63) is 83.9 Å². The van der Waals surface area contributed by atoms with E-state index in [4.69, 9.17) is 16.3 Å². The normalized spacial score (nSPS) is 10.9. The van der Waals surface area contributed by atoms with Gasteiger partial charge in [-0.1, -0.05) is 36.3 Å². The molecule has 1 aromatic heterocycles. The molecule has 146 valence electrons. The lowest BCUT2D eigenvalue weighted by Crippen LogP contribution is -1.88. The van der Waals surface area contributed by atoms with Crippen LogP contribution in [-0.4, -0.2) is 16.2 Å². The summed E-state index contributed by atoms with van der Waals surface area (Å²) < 4.78 is 7.14. The number of benzene rings is 3. The molecule has 5 heteroatoms. The number of phenolic OH excluding ortho intramolecular Hbond substituents is 1. The standard InChI is InChI=1S/C25H16O4S/c1-2-17-5-3-4-6-20(17)25-24(21-13-10-18(26)15-22(21)30-25)29-19-11-7-16(8-12-19)9-14-23(27)28/h1,3-15,26H,(H,27,28). The van der Waals surface area contributed by atoms with Crippen molar-refractivity contribution < 1.29 is 19.7 Å². The number of hydrogen-bond donors (Lipinski definition) is 2.